The van der Waals surface area contributed by atoms with Crippen LogP contribution in [0.25, 0.3) is 0 Å². The lowest BCUT2D eigenvalue weighted by Gasteiger charge is -2.60. The third-order valence-electron chi connectivity index (χ3n) is 10.5. The van der Waals surface area contributed by atoms with Crippen molar-refractivity contribution < 1.29 is 5.11 Å². The van der Waals surface area contributed by atoms with Gasteiger partial charge >= 0.3 is 0 Å². The minimum Gasteiger partial charge on any atom is -0.393 e. The summed E-state index contributed by atoms with van der Waals surface area (Å²) < 4.78 is 0. The summed E-state index contributed by atoms with van der Waals surface area (Å²) in [4.78, 5) is 2.84. The van der Waals surface area contributed by atoms with E-state index < -0.39 is 0 Å². The van der Waals surface area contributed by atoms with Crippen LogP contribution in [0, 0.1) is 34.5 Å². The van der Waals surface area contributed by atoms with Crippen molar-refractivity contribution in [3.8, 4) is 0 Å². The predicted molar refractivity (Wildman–Crippen MR) is 125 cm³/mol. The monoisotopic (exact) mass is 411 g/mol. The van der Waals surface area contributed by atoms with Crippen molar-refractivity contribution in [2.75, 3.05) is 13.1 Å². The summed E-state index contributed by atoms with van der Waals surface area (Å²) in [5.74, 6) is 3.20. The zero-order valence-electron chi connectivity index (χ0n) is 20.1. The van der Waals surface area contributed by atoms with E-state index in [1.54, 1.807) is 11.1 Å². The van der Waals surface area contributed by atoms with E-state index in [1.807, 2.05) is 5.70 Å². The first-order valence-corrected chi connectivity index (χ1v) is 13.3. The van der Waals surface area contributed by atoms with Gasteiger partial charge in [0.2, 0.25) is 0 Å². The van der Waals surface area contributed by atoms with Crippen molar-refractivity contribution in [1.29, 1.82) is 0 Å². The molecule has 168 valence electrons. The lowest BCUT2D eigenvalue weighted by molar-refractivity contribution is -0.0582. The average Bonchev–Trinajstić information content (AvgIpc) is 3.06. The summed E-state index contributed by atoms with van der Waals surface area (Å²) >= 11 is 0. The van der Waals surface area contributed by atoms with E-state index >= 15 is 0 Å². The molecule has 3 fully saturated rings. The highest BCUT2D eigenvalue weighted by atomic mass is 16.3. The Morgan fingerprint density at radius 3 is 2.40 bits per heavy atom. The van der Waals surface area contributed by atoms with Gasteiger partial charge in [-0.15, -0.1) is 0 Å². The summed E-state index contributed by atoms with van der Waals surface area (Å²) in [6.45, 7) is 12.7. The summed E-state index contributed by atoms with van der Waals surface area (Å²) in [7, 11) is 0. The quantitative estimate of drug-likeness (QED) is 0.522. The molecular weight excluding hydrogens is 366 g/mol. The molecule has 4 aliphatic carbocycles. The highest BCUT2D eigenvalue weighted by Crippen LogP contribution is 2.68. The molecule has 2 nitrogen and oxygen atoms in total. The first kappa shape index (κ1) is 21.1. The van der Waals surface area contributed by atoms with Crippen LogP contribution in [0.1, 0.15) is 98.3 Å². The van der Waals surface area contributed by atoms with Crippen LogP contribution in [0.3, 0.4) is 0 Å². The molecule has 2 saturated carbocycles. The van der Waals surface area contributed by atoms with Crippen LogP contribution < -0.4 is 0 Å². The first-order chi connectivity index (χ1) is 14.4. The molecule has 0 spiro atoms. The number of piperidine rings is 1. The van der Waals surface area contributed by atoms with E-state index in [2.05, 4.69) is 38.7 Å². The molecule has 2 heteroatoms. The van der Waals surface area contributed by atoms with Gasteiger partial charge in [0, 0.05) is 24.2 Å². The summed E-state index contributed by atoms with van der Waals surface area (Å²) in [6, 6.07) is 0. The minimum atomic E-state index is -0.0993. The van der Waals surface area contributed by atoms with Gasteiger partial charge in [0.15, 0.2) is 0 Å². The second-order valence-corrected chi connectivity index (χ2v) is 11.9. The smallest absolute Gasteiger partial charge is 0.0577 e. The fraction of sp³-hybridized carbons (Fsp3) is 0.857. The van der Waals surface area contributed by atoms with Crippen LogP contribution in [0.4, 0.5) is 0 Å². The number of fused-ring (bicyclic) bond motifs is 5. The third-order valence-corrected chi connectivity index (χ3v) is 10.5. The lowest BCUT2D eigenvalue weighted by atomic mass is 9.45. The number of hydrogen-bond donors (Lipinski definition) is 1. The van der Waals surface area contributed by atoms with Crippen LogP contribution in [-0.4, -0.2) is 29.2 Å². The van der Waals surface area contributed by atoms with Crippen LogP contribution in [0.15, 0.2) is 22.9 Å². The van der Waals surface area contributed by atoms with Gasteiger partial charge in [-0.2, -0.15) is 0 Å². The number of nitrogens with zero attached hydrogens (tertiary/aromatic N) is 1. The Hall–Kier alpha value is -0.760. The van der Waals surface area contributed by atoms with Gasteiger partial charge in [-0.05, 0) is 99.7 Å². The van der Waals surface area contributed by atoms with Crippen molar-refractivity contribution in [3.63, 3.8) is 0 Å². The van der Waals surface area contributed by atoms with Gasteiger partial charge in [0.1, 0.15) is 0 Å². The Balaban J connectivity index is 1.53. The molecule has 7 atom stereocenters. The molecule has 0 aromatic rings. The molecule has 1 aliphatic heterocycles. The Kier molecular flexibility index (Phi) is 5.40. The number of aliphatic hydroxyl groups is 1. The predicted octanol–water partition coefficient (Wildman–Crippen LogP) is 6.71. The van der Waals surface area contributed by atoms with Gasteiger partial charge in [-0.25, -0.2) is 0 Å². The summed E-state index contributed by atoms with van der Waals surface area (Å²) in [5, 5.41) is 10.4. The Morgan fingerprint density at radius 2 is 1.70 bits per heavy atom. The SMILES string of the molecule is CCC1=C(N2CCCCC2)[C@@]2(C)CC[C@@H]3[C@@H](C(CC)C=C4CC(O)CC[C@@]43C)[C@@H]2C1. The summed E-state index contributed by atoms with van der Waals surface area (Å²) in [6.07, 6.45) is 16.6. The average molecular weight is 412 g/mol. The molecular formula is C28H45NO. The van der Waals surface area contributed by atoms with Crippen LogP contribution in [0.5, 0.6) is 0 Å². The topological polar surface area (TPSA) is 23.5 Å². The number of aliphatic hydroxyl groups excluding tert-OH is 1. The molecule has 2 unspecified atom stereocenters. The molecule has 1 N–H and O–H groups in total. The van der Waals surface area contributed by atoms with Crippen LogP contribution >= 0.6 is 0 Å². The zero-order valence-corrected chi connectivity index (χ0v) is 20.1. The lowest BCUT2D eigenvalue weighted by Crippen LogP contribution is -2.53. The van der Waals surface area contributed by atoms with E-state index in [-0.39, 0.29) is 6.10 Å². The molecule has 0 aromatic heterocycles. The number of hydrogen-bond acceptors (Lipinski definition) is 2. The number of rotatable bonds is 3. The fourth-order valence-corrected chi connectivity index (χ4v) is 8.97. The van der Waals surface area contributed by atoms with Crippen molar-refractivity contribution in [1.82, 2.24) is 4.90 Å². The summed E-state index contributed by atoms with van der Waals surface area (Å²) in [5.41, 5.74) is 5.97. The van der Waals surface area contributed by atoms with E-state index in [4.69, 9.17) is 0 Å². The van der Waals surface area contributed by atoms with Crippen molar-refractivity contribution >= 4 is 0 Å². The maximum atomic E-state index is 10.4. The normalized spacial score (nSPS) is 46.2. The van der Waals surface area contributed by atoms with Gasteiger partial charge in [-0.3, -0.25) is 0 Å². The van der Waals surface area contributed by atoms with Gasteiger partial charge in [0.25, 0.3) is 0 Å². The van der Waals surface area contributed by atoms with Crippen molar-refractivity contribution in [3.05, 3.63) is 22.9 Å². The number of likely N-dealkylation sites (tertiary alicyclic amines) is 1. The third kappa shape index (κ3) is 2.99. The molecule has 0 radical (unpaired) electrons. The first-order valence-electron chi connectivity index (χ1n) is 13.3. The molecule has 1 saturated heterocycles. The Morgan fingerprint density at radius 1 is 0.967 bits per heavy atom. The molecule has 30 heavy (non-hydrogen) atoms. The van der Waals surface area contributed by atoms with Crippen molar-refractivity contribution in [2.24, 2.45) is 34.5 Å². The molecule has 5 rings (SSSR count). The number of allylic oxidation sites excluding steroid dienone is 3. The van der Waals surface area contributed by atoms with Gasteiger partial charge < -0.3 is 10.0 Å². The van der Waals surface area contributed by atoms with Crippen molar-refractivity contribution in [2.45, 2.75) is 104 Å². The zero-order chi connectivity index (χ0) is 21.1. The maximum absolute atomic E-state index is 10.4. The van der Waals surface area contributed by atoms with Gasteiger partial charge in [0.05, 0.1) is 6.10 Å². The van der Waals surface area contributed by atoms with Gasteiger partial charge in [-0.1, -0.05) is 44.9 Å². The second-order valence-electron chi connectivity index (χ2n) is 11.9. The van der Waals surface area contributed by atoms with Crippen LogP contribution in [-0.2, 0) is 0 Å². The second kappa shape index (κ2) is 7.68. The molecule has 1 heterocycles. The van der Waals surface area contributed by atoms with E-state index in [0.717, 1.165) is 30.6 Å². The highest BCUT2D eigenvalue weighted by molar-refractivity contribution is 5.35. The van der Waals surface area contributed by atoms with Crippen LogP contribution in [0.2, 0.25) is 0 Å². The molecule has 0 amide bonds. The molecule has 0 bridgehead atoms. The molecule has 5 aliphatic rings. The highest BCUT2D eigenvalue weighted by Gasteiger charge is 2.60. The van der Waals surface area contributed by atoms with E-state index in [0.29, 0.717) is 16.7 Å². The minimum absolute atomic E-state index is 0.0993. The Bertz CT molecular complexity index is 731. The Labute approximate surface area is 185 Å². The van der Waals surface area contributed by atoms with E-state index in [9.17, 15) is 5.11 Å². The fourth-order valence-electron chi connectivity index (χ4n) is 8.97. The molecule has 0 aromatic carbocycles. The largest absolute Gasteiger partial charge is 0.393 e. The maximum Gasteiger partial charge on any atom is 0.0577 e. The van der Waals surface area contributed by atoms with E-state index in [1.165, 1.54) is 70.9 Å². The standard InChI is InChI=1S/C28H45NO/c1-5-19-16-21-18-22(30)10-12-27(21,3)23-11-13-28(4)24(25(19)23)17-20(6-2)26(28)29-14-8-7-9-15-29/h16,19,22-25,30H,5-15,17-18H2,1-4H3/t19?,22?,23-,24+,25-,27+,28+/m1/s1.